The Kier molecular flexibility index (Phi) is 3.47. The molecule has 0 bridgehead atoms. The molecule has 0 spiro atoms. The van der Waals surface area contributed by atoms with Crippen molar-refractivity contribution in [3.63, 3.8) is 0 Å². The van der Waals surface area contributed by atoms with Crippen molar-refractivity contribution in [1.29, 1.82) is 5.26 Å². The van der Waals surface area contributed by atoms with Crippen molar-refractivity contribution >= 4 is 12.0 Å². The number of nitriles is 1. The minimum absolute atomic E-state index is 0.0693. The molecule has 0 radical (unpaired) electrons. The van der Waals surface area contributed by atoms with Crippen molar-refractivity contribution in [3.8, 4) is 11.8 Å². The molecule has 0 aromatic heterocycles. The van der Waals surface area contributed by atoms with E-state index in [0.29, 0.717) is 5.75 Å². The quantitative estimate of drug-likeness (QED) is 0.588. The van der Waals surface area contributed by atoms with Gasteiger partial charge in [-0.05, 0) is 23.8 Å². The Labute approximate surface area is 87.6 Å². The van der Waals surface area contributed by atoms with E-state index in [1.54, 1.807) is 37.4 Å². The van der Waals surface area contributed by atoms with Gasteiger partial charge in [-0.2, -0.15) is 5.26 Å². The van der Waals surface area contributed by atoms with E-state index in [2.05, 4.69) is 0 Å². The number of carbonyl (C=O) groups is 1. The monoisotopic (exact) mass is 202 g/mol. The van der Waals surface area contributed by atoms with Gasteiger partial charge in [0.1, 0.15) is 17.4 Å². The lowest BCUT2D eigenvalue weighted by Crippen LogP contribution is -2.12. The number of nitrogens with zero attached hydrogens (tertiary/aromatic N) is 1. The van der Waals surface area contributed by atoms with Crippen LogP contribution in [0.1, 0.15) is 5.56 Å². The molecule has 0 aliphatic heterocycles. The van der Waals surface area contributed by atoms with Crippen molar-refractivity contribution in [1.82, 2.24) is 0 Å². The maximum absolute atomic E-state index is 10.8. The lowest BCUT2D eigenvalue weighted by atomic mass is 10.1. The van der Waals surface area contributed by atoms with Crippen LogP contribution in [0.5, 0.6) is 5.75 Å². The average Bonchev–Trinajstić information content (AvgIpc) is 2.26. The third-order valence-corrected chi connectivity index (χ3v) is 1.81. The van der Waals surface area contributed by atoms with Crippen molar-refractivity contribution < 1.29 is 9.53 Å². The molecule has 4 heteroatoms. The summed E-state index contributed by atoms with van der Waals surface area (Å²) in [6, 6.07) is 8.68. The number of methoxy groups -OCH3 is 1. The van der Waals surface area contributed by atoms with Gasteiger partial charge in [-0.15, -0.1) is 0 Å². The molecule has 1 aromatic carbocycles. The Morgan fingerprint density at radius 3 is 2.47 bits per heavy atom. The zero-order chi connectivity index (χ0) is 11.3. The molecule has 1 aromatic rings. The Morgan fingerprint density at radius 2 is 2.07 bits per heavy atom. The summed E-state index contributed by atoms with van der Waals surface area (Å²) in [5.41, 5.74) is 5.66. The second-order valence-corrected chi connectivity index (χ2v) is 2.81. The van der Waals surface area contributed by atoms with Crippen LogP contribution in [0.3, 0.4) is 0 Å². The summed E-state index contributed by atoms with van der Waals surface area (Å²) in [6.07, 6.45) is 1.43. The third kappa shape index (κ3) is 2.85. The summed E-state index contributed by atoms with van der Waals surface area (Å²) >= 11 is 0. The van der Waals surface area contributed by atoms with Crippen molar-refractivity contribution in [2.45, 2.75) is 0 Å². The van der Waals surface area contributed by atoms with E-state index >= 15 is 0 Å². The normalized spacial score (nSPS) is 10.5. The van der Waals surface area contributed by atoms with Crippen LogP contribution in [-0.4, -0.2) is 13.0 Å². The highest BCUT2D eigenvalue weighted by Gasteiger charge is 2.02. The highest BCUT2D eigenvalue weighted by Crippen LogP contribution is 2.13. The van der Waals surface area contributed by atoms with Crippen LogP contribution >= 0.6 is 0 Å². The van der Waals surface area contributed by atoms with Gasteiger partial charge in [0.05, 0.1) is 7.11 Å². The molecule has 0 saturated carbocycles. The van der Waals surface area contributed by atoms with Crippen LogP contribution < -0.4 is 10.5 Å². The molecule has 0 heterocycles. The topological polar surface area (TPSA) is 76.1 Å². The van der Waals surface area contributed by atoms with Crippen molar-refractivity contribution in [3.05, 3.63) is 35.4 Å². The molecule has 1 rings (SSSR count). The average molecular weight is 202 g/mol. The van der Waals surface area contributed by atoms with E-state index in [-0.39, 0.29) is 5.57 Å². The number of amides is 1. The van der Waals surface area contributed by atoms with E-state index < -0.39 is 5.91 Å². The summed E-state index contributed by atoms with van der Waals surface area (Å²) in [4.78, 5) is 10.8. The molecule has 15 heavy (non-hydrogen) atoms. The molecule has 0 unspecified atom stereocenters. The summed E-state index contributed by atoms with van der Waals surface area (Å²) in [7, 11) is 1.56. The van der Waals surface area contributed by atoms with Crippen LogP contribution in [0.4, 0.5) is 0 Å². The number of carbonyl (C=O) groups excluding carboxylic acids is 1. The van der Waals surface area contributed by atoms with E-state index in [1.807, 2.05) is 0 Å². The zero-order valence-corrected chi connectivity index (χ0v) is 8.23. The fraction of sp³-hybridized carbons (Fsp3) is 0.0909. The lowest BCUT2D eigenvalue weighted by Gasteiger charge is -1.99. The molecule has 76 valence electrons. The van der Waals surface area contributed by atoms with Crippen LogP contribution in [-0.2, 0) is 4.79 Å². The van der Waals surface area contributed by atoms with Gasteiger partial charge >= 0.3 is 0 Å². The van der Waals surface area contributed by atoms with Crippen LogP contribution in [0.15, 0.2) is 29.8 Å². The Hall–Kier alpha value is -2.28. The Balaban J connectivity index is 2.98. The molecular formula is C11H10N2O2. The van der Waals surface area contributed by atoms with E-state index in [0.717, 1.165) is 5.56 Å². The van der Waals surface area contributed by atoms with Gasteiger partial charge in [-0.1, -0.05) is 12.1 Å². The van der Waals surface area contributed by atoms with Crippen molar-refractivity contribution in [2.75, 3.05) is 7.11 Å². The van der Waals surface area contributed by atoms with Crippen LogP contribution in [0.25, 0.3) is 6.08 Å². The molecule has 0 aliphatic carbocycles. The molecule has 2 N–H and O–H groups in total. The molecule has 0 fully saturated rings. The molecular weight excluding hydrogens is 192 g/mol. The first-order valence-electron chi connectivity index (χ1n) is 4.23. The number of benzene rings is 1. The van der Waals surface area contributed by atoms with Gasteiger partial charge in [0, 0.05) is 0 Å². The number of rotatable bonds is 3. The molecule has 1 amide bonds. The number of nitrogens with two attached hydrogens (primary N) is 1. The predicted molar refractivity (Wildman–Crippen MR) is 55.8 cm³/mol. The second kappa shape index (κ2) is 4.82. The highest BCUT2D eigenvalue weighted by molar-refractivity contribution is 6.00. The maximum Gasteiger partial charge on any atom is 0.259 e. The SMILES string of the molecule is COc1ccc(C=C(C#N)C(N)=O)cc1. The first-order chi connectivity index (χ1) is 7.17. The fourth-order valence-corrected chi connectivity index (χ4v) is 1.03. The Bertz CT molecular complexity index is 427. The van der Waals surface area contributed by atoms with Gasteiger partial charge in [0.15, 0.2) is 0 Å². The number of ether oxygens (including phenoxy) is 1. The largest absolute Gasteiger partial charge is 0.497 e. The smallest absolute Gasteiger partial charge is 0.259 e. The fourth-order valence-electron chi connectivity index (χ4n) is 1.03. The zero-order valence-electron chi connectivity index (χ0n) is 8.23. The van der Waals surface area contributed by atoms with Gasteiger partial charge < -0.3 is 10.5 Å². The first kappa shape index (κ1) is 10.8. The number of hydrogen-bond acceptors (Lipinski definition) is 3. The molecule has 0 saturated heterocycles. The molecule has 0 atom stereocenters. The second-order valence-electron chi connectivity index (χ2n) is 2.81. The van der Waals surface area contributed by atoms with Gasteiger partial charge in [-0.25, -0.2) is 0 Å². The van der Waals surface area contributed by atoms with E-state index in [1.165, 1.54) is 6.08 Å². The molecule has 4 nitrogen and oxygen atoms in total. The van der Waals surface area contributed by atoms with Crippen LogP contribution in [0.2, 0.25) is 0 Å². The van der Waals surface area contributed by atoms with Crippen molar-refractivity contribution in [2.24, 2.45) is 5.73 Å². The van der Waals surface area contributed by atoms with Gasteiger partial charge in [0.25, 0.3) is 5.91 Å². The Morgan fingerprint density at radius 1 is 1.47 bits per heavy atom. The van der Waals surface area contributed by atoms with E-state index in [9.17, 15) is 4.79 Å². The van der Waals surface area contributed by atoms with Crippen LogP contribution in [0, 0.1) is 11.3 Å². The standard InChI is InChI=1S/C11H10N2O2/c1-15-10-4-2-8(3-5-10)6-9(7-12)11(13)14/h2-6H,1H3,(H2,13,14). The lowest BCUT2D eigenvalue weighted by molar-refractivity contribution is -0.114. The van der Waals surface area contributed by atoms with Gasteiger partial charge in [-0.3, -0.25) is 4.79 Å². The summed E-state index contributed by atoms with van der Waals surface area (Å²) in [5, 5.41) is 8.61. The summed E-state index contributed by atoms with van der Waals surface area (Å²) in [5.74, 6) is -0.0157. The molecule has 0 aliphatic rings. The minimum Gasteiger partial charge on any atom is -0.497 e. The first-order valence-corrected chi connectivity index (χ1v) is 4.23. The van der Waals surface area contributed by atoms with Gasteiger partial charge in [0.2, 0.25) is 0 Å². The number of primary amides is 1. The predicted octanol–water partition coefficient (Wildman–Crippen LogP) is 1.09. The minimum atomic E-state index is -0.728. The maximum atomic E-state index is 10.8. The summed E-state index contributed by atoms with van der Waals surface area (Å²) in [6.45, 7) is 0. The highest BCUT2D eigenvalue weighted by atomic mass is 16.5. The third-order valence-electron chi connectivity index (χ3n) is 1.81. The van der Waals surface area contributed by atoms with E-state index in [4.69, 9.17) is 15.7 Å². The number of hydrogen-bond donors (Lipinski definition) is 1. The summed E-state index contributed by atoms with van der Waals surface area (Å²) < 4.78 is 4.97.